The highest BCUT2D eigenvalue weighted by molar-refractivity contribution is 5.17. The van der Waals surface area contributed by atoms with Crippen molar-refractivity contribution >= 4 is 0 Å². The van der Waals surface area contributed by atoms with Crippen LogP contribution in [0.15, 0.2) is 30.3 Å². The molecule has 116 valence electrons. The van der Waals surface area contributed by atoms with E-state index in [9.17, 15) is 5.11 Å². The molecule has 2 aliphatic rings. The summed E-state index contributed by atoms with van der Waals surface area (Å²) in [6, 6.07) is 9.94. The first kappa shape index (κ1) is 15.0. The largest absolute Gasteiger partial charge is 0.388 e. The molecule has 0 amide bonds. The number of likely N-dealkylation sites (tertiary alicyclic amines) is 1. The number of morpholine rings is 1. The topological polar surface area (TPSA) is 44.7 Å². The Labute approximate surface area is 127 Å². The number of ether oxygens (including phenoxy) is 1. The average Bonchev–Trinajstić information content (AvgIpc) is 2.56. The van der Waals surface area contributed by atoms with Gasteiger partial charge in [0.2, 0.25) is 0 Å². The first-order valence-electron chi connectivity index (χ1n) is 8.08. The lowest BCUT2D eigenvalue weighted by atomic mass is 9.90. The molecule has 1 atom stereocenters. The van der Waals surface area contributed by atoms with Crippen LogP contribution in [-0.2, 0) is 4.74 Å². The van der Waals surface area contributed by atoms with Crippen LogP contribution in [0.5, 0.6) is 0 Å². The lowest BCUT2D eigenvalue weighted by molar-refractivity contribution is -0.100. The van der Waals surface area contributed by atoms with Crippen molar-refractivity contribution in [2.24, 2.45) is 0 Å². The van der Waals surface area contributed by atoms with Gasteiger partial charge >= 0.3 is 0 Å². The lowest BCUT2D eigenvalue weighted by Gasteiger charge is -2.44. The summed E-state index contributed by atoms with van der Waals surface area (Å²) < 4.78 is 6.01. The van der Waals surface area contributed by atoms with E-state index in [0.29, 0.717) is 0 Å². The van der Waals surface area contributed by atoms with Crippen molar-refractivity contribution in [3.8, 4) is 0 Å². The highest BCUT2D eigenvalue weighted by Gasteiger charge is 2.36. The first-order valence-corrected chi connectivity index (χ1v) is 8.08. The summed E-state index contributed by atoms with van der Waals surface area (Å²) in [4.78, 5) is 2.45. The van der Waals surface area contributed by atoms with Crippen LogP contribution in [-0.4, -0.2) is 54.9 Å². The Balaban J connectivity index is 1.43. The fourth-order valence-electron chi connectivity index (χ4n) is 3.36. The highest BCUT2D eigenvalue weighted by atomic mass is 16.5. The number of hydrogen-bond donors (Lipinski definition) is 2. The Morgan fingerprint density at radius 2 is 2.00 bits per heavy atom. The summed E-state index contributed by atoms with van der Waals surface area (Å²) in [5, 5.41) is 13.7. The molecular formula is C17H26N2O2. The minimum absolute atomic E-state index is 0.0762. The van der Waals surface area contributed by atoms with Crippen molar-refractivity contribution in [1.29, 1.82) is 0 Å². The molecule has 0 saturated carbocycles. The zero-order chi connectivity index (χ0) is 14.5. The van der Waals surface area contributed by atoms with Crippen LogP contribution in [0.4, 0.5) is 0 Å². The van der Waals surface area contributed by atoms with Gasteiger partial charge in [0.1, 0.15) is 0 Å². The van der Waals surface area contributed by atoms with Crippen molar-refractivity contribution in [2.45, 2.75) is 31.0 Å². The molecule has 2 fully saturated rings. The van der Waals surface area contributed by atoms with E-state index in [4.69, 9.17) is 4.74 Å². The summed E-state index contributed by atoms with van der Waals surface area (Å²) in [6.45, 7) is 5.92. The van der Waals surface area contributed by atoms with Crippen LogP contribution in [0.2, 0.25) is 0 Å². The summed E-state index contributed by atoms with van der Waals surface area (Å²) in [5.41, 5.74) is 1.10. The van der Waals surface area contributed by atoms with Gasteiger partial charge < -0.3 is 20.1 Å². The Bertz CT molecular complexity index is 422. The zero-order valence-electron chi connectivity index (χ0n) is 12.6. The molecule has 4 heteroatoms. The molecule has 3 rings (SSSR count). The standard InChI is InChI=1S/C17H26N2O2/c20-16(15-4-2-1-3-5-15)6-10-19-11-7-17(8-12-19)14-18-9-13-21-17/h1-5,16,18,20H,6-14H2/t16-/m1/s1. The smallest absolute Gasteiger partial charge is 0.0831 e. The molecule has 0 unspecified atom stereocenters. The molecular weight excluding hydrogens is 264 g/mol. The normalized spacial score (nSPS) is 24.0. The predicted molar refractivity (Wildman–Crippen MR) is 83.2 cm³/mol. The number of benzene rings is 1. The van der Waals surface area contributed by atoms with Gasteiger partial charge in [-0.1, -0.05) is 30.3 Å². The molecule has 2 aliphatic heterocycles. The maximum atomic E-state index is 10.2. The second-order valence-electron chi connectivity index (χ2n) is 6.27. The van der Waals surface area contributed by atoms with Crippen LogP contribution < -0.4 is 5.32 Å². The number of nitrogens with zero attached hydrogens (tertiary/aromatic N) is 1. The van der Waals surface area contributed by atoms with Crippen LogP contribution in [0.3, 0.4) is 0 Å². The second kappa shape index (κ2) is 6.88. The van der Waals surface area contributed by atoms with E-state index in [1.54, 1.807) is 0 Å². The van der Waals surface area contributed by atoms with Gasteiger partial charge in [0.25, 0.3) is 0 Å². The van der Waals surface area contributed by atoms with Gasteiger partial charge in [-0.25, -0.2) is 0 Å². The van der Waals surface area contributed by atoms with Crippen molar-refractivity contribution in [2.75, 3.05) is 39.3 Å². The Morgan fingerprint density at radius 3 is 2.67 bits per heavy atom. The van der Waals surface area contributed by atoms with Crippen molar-refractivity contribution in [3.63, 3.8) is 0 Å². The summed E-state index contributed by atoms with van der Waals surface area (Å²) in [7, 11) is 0. The number of aliphatic hydroxyl groups is 1. The van der Waals surface area contributed by atoms with Gasteiger partial charge in [-0.2, -0.15) is 0 Å². The van der Waals surface area contributed by atoms with Crippen LogP contribution in [0, 0.1) is 0 Å². The molecule has 4 nitrogen and oxygen atoms in total. The van der Waals surface area contributed by atoms with Crippen molar-refractivity contribution in [1.82, 2.24) is 10.2 Å². The summed E-state index contributed by atoms with van der Waals surface area (Å²) in [6.07, 6.45) is 2.65. The highest BCUT2D eigenvalue weighted by Crippen LogP contribution is 2.28. The quantitative estimate of drug-likeness (QED) is 0.883. The second-order valence-corrected chi connectivity index (χ2v) is 6.27. The number of aliphatic hydroxyl groups excluding tert-OH is 1. The number of piperidine rings is 1. The maximum absolute atomic E-state index is 10.2. The lowest BCUT2D eigenvalue weighted by Crippen LogP contribution is -2.55. The number of rotatable bonds is 4. The molecule has 0 bridgehead atoms. The Morgan fingerprint density at radius 1 is 1.24 bits per heavy atom. The Hall–Kier alpha value is -0.940. The minimum Gasteiger partial charge on any atom is -0.388 e. The zero-order valence-corrected chi connectivity index (χ0v) is 12.6. The van der Waals surface area contributed by atoms with E-state index in [2.05, 4.69) is 10.2 Å². The predicted octanol–water partition coefficient (Wildman–Crippen LogP) is 1.56. The van der Waals surface area contributed by atoms with Gasteiger partial charge in [-0.15, -0.1) is 0 Å². The minimum atomic E-state index is -0.352. The fourth-order valence-corrected chi connectivity index (χ4v) is 3.36. The number of nitrogens with one attached hydrogen (secondary N) is 1. The Kier molecular flexibility index (Phi) is 4.91. The van der Waals surface area contributed by atoms with Gasteiger partial charge in [-0.05, 0) is 24.8 Å². The molecule has 0 aliphatic carbocycles. The third-order valence-corrected chi connectivity index (χ3v) is 4.80. The molecule has 1 aromatic rings. The van der Waals surface area contributed by atoms with Crippen LogP contribution in [0.25, 0.3) is 0 Å². The van der Waals surface area contributed by atoms with E-state index in [1.807, 2.05) is 30.3 Å². The van der Waals surface area contributed by atoms with E-state index in [-0.39, 0.29) is 11.7 Å². The van der Waals surface area contributed by atoms with Crippen molar-refractivity contribution in [3.05, 3.63) is 35.9 Å². The molecule has 0 radical (unpaired) electrons. The van der Waals surface area contributed by atoms with Crippen molar-refractivity contribution < 1.29 is 9.84 Å². The molecule has 2 N–H and O–H groups in total. The SMILES string of the molecule is O[C@H](CCN1CCC2(CC1)CNCCO2)c1ccccc1. The summed E-state index contributed by atoms with van der Waals surface area (Å²) >= 11 is 0. The maximum Gasteiger partial charge on any atom is 0.0831 e. The summed E-state index contributed by atoms with van der Waals surface area (Å²) in [5.74, 6) is 0. The monoisotopic (exact) mass is 290 g/mol. The molecule has 2 heterocycles. The van der Waals surface area contributed by atoms with Crippen LogP contribution >= 0.6 is 0 Å². The fraction of sp³-hybridized carbons (Fsp3) is 0.647. The molecule has 1 aromatic carbocycles. The van der Waals surface area contributed by atoms with E-state index in [0.717, 1.165) is 64.2 Å². The average molecular weight is 290 g/mol. The van der Waals surface area contributed by atoms with E-state index in [1.165, 1.54) is 0 Å². The van der Waals surface area contributed by atoms with Gasteiger partial charge in [0, 0.05) is 32.7 Å². The van der Waals surface area contributed by atoms with E-state index >= 15 is 0 Å². The van der Waals surface area contributed by atoms with Gasteiger partial charge in [-0.3, -0.25) is 0 Å². The third-order valence-electron chi connectivity index (χ3n) is 4.80. The van der Waals surface area contributed by atoms with Gasteiger partial charge in [0.15, 0.2) is 0 Å². The molecule has 1 spiro atoms. The third kappa shape index (κ3) is 3.83. The molecule has 0 aromatic heterocycles. The molecule has 21 heavy (non-hydrogen) atoms. The molecule has 2 saturated heterocycles. The van der Waals surface area contributed by atoms with Crippen LogP contribution in [0.1, 0.15) is 30.9 Å². The number of hydrogen-bond acceptors (Lipinski definition) is 4. The van der Waals surface area contributed by atoms with E-state index < -0.39 is 0 Å². The van der Waals surface area contributed by atoms with Gasteiger partial charge in [0.05, 0.1) is 18.3 Å². The first-order chi connectivity index (χ1) is 10.3.